The third-order valence-electron chi connectivity index (χ3n) is 10.0. The molecule has 2 rings (SSSR count). The molecule has 8 heteroatoms. The molecule has 8 nitrogen and oxygen atoms in total. The average Bonchev–Trinajstić information content (AvgIpc) is 2.81. The lowest BCUT2D eigenvalue weighted by Crippen LogP contribution is -2.68. The molecule has 2 N–H and O–H groups in total. The number of rotatable bonds is 13. The van der Waals surface area contributed by atoms with Gasteiger partial charge in [0.25, 0.3) is 0 Å². The molecule has 0 atom stereocenters. The first-order valence-corrected chi connectivity index (χ1v) is 15.6. The minimum atomic E-state index is -1.06. The van der Waals surface area contributed by atoms with Crippen molar-refractivity contribution in [1.29, 1.82) is 0 Å². The minimum absolute atomic E-state index is 0.149. The van der Waals surface area contributed by atoms with Crippen LogP contribution in [0.25, 0.3) is 0 Å². The summed E-state index contributed by atoms with van der Waals surface area (Å²) in [5, 5.41) is 20.2. The highest BCUT2D eigenvalue weighted by Gasteiger charge is 2.61. The van der Waals surface area contributed by atoms with Crippen LogP contribution in [0.1, 0.15) is 126 Å². The van der Waals surface area contributed by atoms with Gasteiger partial charge in [-0.1, -0.05) is 38.8 Å². The highest BCUT2D eigenvalue weighted by molar-refractivity contribution is 5.89. The van der Waals surface area contributed by atoms with Gasteiger partial charge >= 0.3 is 11.9 Å². The van der Waals surface area contributed by atoms with Gasteiger partial charge < -0.3 is 20.0 Å². The van der Waals surface area contributed by atoms with E-state index in [-0.39, 0.29) is 30.1 Å². The van der Waals surface area contributed by atoms with Gasteiger partial charge in [0.2, 0.25) is 11.8 Å². The molecule has 0 aromatic rings. The predicted molar refractivity (Wildman–Crippen MR) is 166 cm³/mol. The maximum Gasteiger partial charge on any atom is 0.310 e. The zero-order valence-electron chi connectivity index (χ0n) is 27.4. The van der Waals surface area contributed by atoms with Crippen LogP contribution < -0.4 is 0 Å². The van der Waals surface area contributed by atoms with E-state index in [2.05, 4.69) is 13.2 Å². The Hall–Kier alpha value is -2.64. The number of carbonyl (C=O) groups is 4. The summed E-state index contributed by atoms with van der Waals surface area (Å²) in [7, 11) is 0. The van der Waals surface area contributed by atoms with Gasteiger partial charge in [-0.25, -0.2) is 0 Å². The monoisotopic (exact) mass is 588 g/mol. The van der Waals surface area contributed by atoms with Crippen LogP contribution in [0.2, 0.25) is 0 Å². The molecule has 42 heavy (non-hydrogen) atoms. The Morgan fingerprint density at radius 2 is 1.00 bits per heavy atom. The quantitative estimate of drug-likeness (QED) is 0.180. The van der Waals surface area contributed by atoms with Crippen molar-refractivity contribution in [2.75, 3.05) is 0 Å². The third kappa shape index (κ3) is 7.28. The van der Waals surface area contributed by atoms with Crippen molar-refractivity contribution in [3.63, 3.8) is 0 Å². The summed E-state index contributed by atoms with van der Waals surface area (Å²) in [6.07, 6.45) is 9.36. The molecule has 0 aliphatic carbocycles. The number of likely N-dealkylation sites (tertiary alicyclic amines) is 2. The second-order valence-electron chi connectivity index (χ2n) is 15.2. The summed E-state index contributed by atoms with van der Waals surface area (Å²) < 4.78 is 0. The first-order valence-electron chi connectivity index (χ1n) is 15.6. The molecule has 0 unspecified atom stereocenters. The Labute approximate surface area is 253 Å². The van der Waals surface area contributed by atoms with Crippen LogP contribution in [-0.2, 0) is 19.2 Å². The second-order valence-corrected chi connectivity index (χ2v) is 15.2. The molecule has 2 aliphatic rings. The Kier molecular flexibility index (Phi) is 10.9. The smallest absolute Gasteiger partial charge is 0.310 e. The van der Waals surface area contributed by atoms with Crippen molar-refractivity contribution in [2.45, 2.75) is 148 Å². The van der Waals surface area contributed by atoms with Crippen LogP contribution >= 0.6 is 0 Å². The zero-order chi connectivity index (χ0) is 32.3. The van der Waals surface area contributed by atoms with Crippen LogP contribution in [0.4, 0.5) is 0 Å². The van der Waals surface area contributed by atoms with Crippen molar-refractivity contribution in [3.8, 4) is 0 Å². The number of carboxylic acids is 2. The Morgan fingerprint density at radius 1 is 0.667 bits per heavy atom. The van der Waals surface area contributed by atoms with Gasteiger partial charge in [0.1, 0.15) is 0 Å². The number of unbranched alkanes of at least 4 members (excludes halogenated alkanes) is 4. The van der Waals surface area contributed by atoms with E-state index in [0.717, 1.165) is 25.7 Å². The lowest BCUT2D eigenvalue weighted by Gasteiger charge is -2.62. The molecule has 2 fully saturated rings. The molecule has 238 valence electrons. The van der Waals surface area contributed by atoms with Gasteiger partial charge in [-0.2, -0.15) is 0 Å². The maximum atomic E-state index is 13.8. The van der Waals surface area contributed by atoms with Crippen LogP contribution in [0, 0.1) is 17.3 Å². The number of nitrogens with zero attached hydrogens (tertiary/aromatic N) is 2. The molecule has 0 saturated carbocycles. The molecule has 0 aromatic carbocycles. The summed E-state index contributed by atoms with van der Waals surface area (Å²) in [6, 6.07) is 0. The molecule has 0 aromatic heterocycles. The van der Waals surface area contributed by atoms with Gasteiger partial charge in [0.05, 0.1) is 5.41 Å². The summed E-state index contributed by atoms with van der Waals surface area (Å²) in [6.45, 7) is 23.6. The van der Waals surface area contributed by atoms with E-state index < -0.39 is 39.5 Å². The van der Waals surface area contributed by atoms with Crippen LogP contribution in [-0.4, -0.2) is 65.9 Å². The van der Waals surface area contributed by atoms with E-state index in [4.69, 9.17) is 5.11 Å². The van der Waals surface area contributed by atoms with E-state index in [9.17, 15) is 24.3 Å². The highest BCUT2D eigenvalue weighted by Crippen LogP contribution is 2.58. The summed E-state index contributed by atoms with van der Waals surface area (Å²) in [5.41, 5.74) is -3.39. The van der Waals surface area contributed by atoms with Crippen molar-refractivity contribution in [3.05, 3.63) is 25.3 Å². The highest BCUT2D eigenvalue weighted by atomic mass is 16.4. The Balaban J connectivity index is 2.57. The van der Waals surface area contributed by atoms with Crippen molar-refractivity contribution >= 4 is 23.8 Å². The number of amides is 2. The first-order chi connectivity index (χ1) is 19.2. The second kappa shape index (κ2) is 12.9. The molecule has 2 saturated heterocycles. The number of carbonyl (C=O) groups excluding carboxylic acids is 2. The van der Waals surface area contributed by atoms with E-state index >= 15 is 0 Å². The fourth-order valence-corrected chi connectivity index (χ4v) is 9.09. The topological polar surface area (TPSA) is 115 Å². The molecular formula is C34H56N2O6. The number of hydrogen-bond acceptors (Lipinski definition) is 4. The van der Waals surface area contributed by atoms with E-state index in [1.807, 2.05) is 65.2 Å². The summed E-state index contributed by atoms with van der Waals surface area (Å²) in [5.74, 6) is -2.28. The SMILES string of the molecule is C=CC(=O)N1C(C)(C)CC(C(CCCCCCCC(=O)O)(C(=O)O)C2CC(C)(C)N(C(=O)C=C)C(C)(C)C2)CC1(C)C. The largest absolute Gasteiger partial charge is 0.481 e. The van der Waals surface area contributed by atoms with E-state index in [1.54, 1.807) is 0 Å². The van der Waals surface area contributed by atoms with Gasteiger partial charge in [-0.05, 0) is 118 Å². The van der Waals surface area contributed by atoms with Crippen LogP contribution in [0.5, 0.6) is 0 Å². The Bertz CT molecular complexity index is 960. The number of hydrogen-bond donors (Lipinski definition) is 2. The molecule has 2 aliphatic heterocycles. The third-order valence-corrected chi connectivity index (χ3v) is 10.0. The number of carboxylic acid groups (broad SMARTS) is 2. The van der Waals surface area contributed by atoms with E-state index in [0.29, 0.717) is 38.5 Å². The lowest BCUT2D eigenvalue weighted by molar-refractivity contribution is -0.181. The standard InChI is InChI=1S/C34H56N2O6/c1-11-26(37)35-30(3,4)20-24(21-31(35,5)6)34(29(41)42,19-17-15-13-14-16-18-28(39)40)25-22-32(7,8)36(27(38)12-2)33(9,10)23-25/h11-12,24-25H,1-2,13-23H2,3-10H3,(H,39,40)(H,41,42). The molecule has 2 heterocycles. The number of aliphatic carboxylic acids is 2. The molecular weight excluding hydrogens is 532 g/mol. The van der Waals surface area contributed by atoms with Crippen LogP contribution in [0.15, 0.2) is 25.3 Å². The molecule has 0 bridgehead atoms. The average molecular weight is 589 g/mol. The van der Waals surface area contributed by atoms with Crippen molar-refractivity contribution in [2.24, 2.45) is 17.3 Å². The van der Waals surface area contributed by atoms with Gasteiger partial charge in [-0.3, -0.25) is 19.2 Å². The van der Waals surface area contributed by atoms with Crippen molar-refractivity contribution in [1.82, 2.24) is 9.80 Å². The fraction of sp³-hybridized carbons (Fsp3) is 0.765. The maximum absolute atomic E-state index is 13.8. The lowest BCUT2D eigenvalue weighted by atomic mass is 9.52. The van der Waals surface area contributed by atoms with Gasteiger partial charge in [0, 0.05) is 28.6 Å². The van der Waals surface area contributed by atoms with Crippen LogP contribution in [0.3, 0.4) is 0 Å². The van der Waals surface area contributed by atoms with Gasteiger partial charge in [0.15, 0.2) is 0 Å². The predicted octanol–water partition coefficient (Wildman–Crippen LogP) is 6.84. The fourth-order valence-electron chi connectivity index (χ4n) is 9.09. The summed E-state index contributed by atoms with van der Waals surface area (Å²) >= 11 is 0. The van der Waals surface area contributed by atoms with E-state index in [1.165, 1.54) is 12.2 Å². The normalized spacial score (nSPS) is 21.9. The number of piperidine rings is 2. The summed E-state index contributed by atoms with van der Waals surface area (Å²) in [4.78, 5) is 54.5. The Morgan fingerprint density at radius 3 is 1.31 bits per heavy atom. The van der Waals surface area contributed by atoms with Gasteiger partial charge in [-0.15, -0.1) is 0 Å². The zero-order valence-corrected chi connectivity index (χ0v) is 27.4. The van der Waals surface area contributed by atoms with Crippen molar-refractivity contribution < 1.29 is 29.4 Å². The molecule has 2 amide bonds. The molecule has 0 radical (unpaired) electrons. The minimum Gasteiger partial charge on any atom is -0.481 e. The first kappa shape index (κ1) is 35.6. The molecule has 0 spiro atoms.